The molecule has 0 aliphatic carbocycles. The fraction of sp³-hybridized carbons (Fsp3) is 0.455. The maximum absolute atomic E-state index is 10.2. The smallest absolute Gasteiger partial charge is 0.330 e. The Hall–Kier alpha value is -1.33. The van der Waals surface area contributed by atoms with Gasteiger partial charge in [0.05, 0.1) is 12.7 Å². The molecule has 17 heavy (non-hydrogen) atoms. The van der Waals surface area contributed by atoms with E-state index < -0.39 is 17.3 Å². The van der Waals surface area contributed by atoms with Crippen molar-refractivity contribution in [3.63, 3.8) is 0 Å². The van der Waals surface area contributed by atoms with Crippen LogP contribution < -0.4 is 0 Å². The summed E-state index contributed by atoms with van der Waals surface area (Å²) in [5.74, 6) is -1.96. The molecular weight excluding hydrogens is 248 g/mol. The van der Waals surface area contributed by atoms with Crippen molar-refractivity contribution in [1.29, 1.82) is 0 Å². The lowest BCUT2D eigenvalue weighted by molar-refractivity contribution is -0.135. The number of carboxylic acid groups (broad SMARTS) is 2. The number of aliphatic carboxylic acids is 2. The Morgan fingerprint density at radius 1 is 1.53 bits per heavy atom. The first-order valence-electron chi connectivity index (χ1n) is 4.90. The van der Waals surface area contributed by atoms with E-state index >= 15 is 0 Å². The minimum atomic E-state index is -1.06. The number of ether oxygens (including phenoxy) is 1. The average Bonchev–Trinajstić information content (AvgIpc) is 3.09. The fourth-order valence-electron chi connectivity index (χ4n) is 0.778. The van der Waals surface area contributed by atoms with Crippen molar-refractivity contribution >= 4 is 23.5 Å². The first kappa shape index (κ1) is 15.7. The third-order valence-corrected chi connectivity index (χ3v) is 2.28. The summed E-state index contributed by atoms with van der Waals surface area (Å²) in [4.78, 5) is 19.9. The molecule has 0 amide bonds. The first-order valence-corrected chi connectivity index (χ1v) is 5.34. The molecule has 0 aromatic carbocycles. The minimum absolute atomic E-state index is 0.274. The Labute approximate surface area is 104 Å². The molecule has 2 atom stereocenters. The van der Waals surface area contributed by atoms with E-state index in [2.05, 4.69) is 13.2 Å². The van der Waals surface area contributed by atoms with Crippen LogP contribution in [0.3, 0.4) is 0 Å². The molecule has 0 spiro atoms. The standard InChI is InChI=1S/C7H10O3.C4H5ClO2/c1-5(7(8)9)2-3-6-4-10-6;1-2-3(5)4(6)7/h6H,1-4H2,(H,8,9);2-3H,1H2,(H,6,7). The number of alkyl halides is 1. The molecule has 96 valence electrons. The monoisotopic (exact) mass is 262 g/mol. The lowest BCUT2D eigenvalue weighted by atomic mass is 10.1. The Balaban J connectivity index is 0.000000325. The Morgan fingerprint density at radius 2 is 2.06 bits per heavy atom. The zero-order valence-electron chi connectivity index (χ0n) is 9.26. The number of hydrogen-bond acceptors (Lipinski definition) is 3. The molecule has 2 N–H and O–H groups in total. The summed E-state index contributed by atoms with van der Waals surface area (Å²) >= 11 is 5.08. The van der Waals surface area contributed by atoms with Crippen molar-refractivity contribution in [2.45, 2.75) is 24.3 Å². The zero-order chi connectivity index (χ0) is 13.4. The van der Waals surface area contributed by atoms with Gasteiger partial charge in [-0.05, 0) is 12.8 Å². The topological polar surface area (TPSA) is 87.1 Å². The second-order valence-electron chi connectivity index (χ2n) is 3.38. The Morgan fingerprint density at radius 3 is 2.29 bits per heavy atom. The highest BCUT2D eigenvalue weighted by molar-refractivity contribution is 6.30. The summed E-state index contributed by atoms with van der Waals surface area (Å²) in [7, 11) is 0. The summed E-state index contributed by atoms with van der Waals surface area (Å²) < 4.78 is 4.90. The molecule has 0 saturated carbocycles. The van der Waals surface area contributed by atoms with E-state index in [1.807, 2.05) is 0 Å². The third kappa shape index (κ3) is 8.47. The van der Waals surface area contributed by atoms with Crippen LogP contribution in [0, 0.1) is 0 Å². The van der Waals surface area contributed by atoms with Crippen LogP contribution in [0.4, 0.5) is 0 Å². The summed E-state index contributed by atoms with van der Waals surface area (Å²) in [5.41, 5.74) is 0.274. The predicted octanol–water partition coefficient (Wildman–Crippen LogP) is 1.67. The molecule has 0 aromatic heterocycles. The van der Waals surface area contributed by atoms with E-state index in [0.717, 1.165) is 19.1 Å². The molecule has 0 radical (unpaired) electrons. The van der Waals surface area contributed by atoms with Crippen LogP contribution in [0.1, 0.15) is 12.8 Å². The van der Waals surface area contributed by atoms with Gasteiger partial charge in [0.15, 0.2) is 0 Å². The highest BCUT2D eigenvalue weighted by atomic mass is 35.5. The summed E-state index contributed by atoms with van der Waals surface area (Å²) in [6.45, 7) is 7.35. The average molecular weight is 263 g/mol. The zero-order valence-corrected chi connectivity index (χ0v) is 10.0. The van der Waals surface area contributed by atoms with Crippen LogP contribution in [0.15, 0.2) is 24.8 Å². The summed E-state index contributed by atoms with van der Waals surface area (Å²) in [5, 5.41) is 15.4. The van der Waals surface area contributed by atoms with Gasteiger partial charge in [-0.15, -0.1) is 18.2 Å². The van der Waals surface area contributed by atoms with Crippen molar-refractivity contribution < 1.29 is 24.5 Å². The normalized spacial score (nSPS) is 18.3. The number of halogens is 1. The second kappa shape index (κ2) is 7.86. The number of epoxide rings is 1. The number of carboxylic acids is 2. The molecule has 1 heterocycles. The van der Waals surface area contributed by atoms with Crippen LogP contribution in [0.25, 0.3) is 0 Å². The SMILES string of the molecule is C=C(CCC1CO1)C(=O)O.C=CC(Cl)C(=O)O. The number of hydrogen-bond donors (Lipinski definition) is 2. The van der Waals surface area contributed by atoms with Gasteiger partial charge in [0.1, 0.15) is 5.38 Å². The van der Waals surface area contributed by atoms with Gasteiger partial charge in [-0.2, -0.15) is 0 Å². The first-order chi connectivity index (χ1) is 7.88. The van der Waals surface area contributed by atoms with Crippen LogP contribution >= 0.6 is 11.6 Å². The van der Waals surface area contributed by atoms with Gasteiger partial charge in [-0.25, -0.2) is 4.79 Å². The maximum Gasteiger partial charge on any atom is 0.330 e. The molecule has 1 saturated heterocycles. The molecule has 5 nitrogen and oxygen atoms in total. The van der Waals surface area contributed by atoms with Gasteiger partial charge < -0.3 is 14.9 Å². The molecule has 1 fully saturated rings. The molecule has 1 rings (SSSR count). The van der Waals surface area contributed by atoms with Gasteiger partial charge in [-0.1, -0.05) is 12.7 Å². The van der Waals surface area contributed by atoms with Crippen LogP contribution in [0.5, 0.6) is 0 Å². The van der Waals surface area contributed by atoms with E-state index in [4.69, 9.17) is 26.6 Å². The summed E-state index contributed by atoms with van der Waals surface area (Å²) in [6, 6.07) is 0. The van der Waals surface area contributed by atoms with Crippen LogP contribution in [0.2, 0.25) is 0 Å². The van der Waals surface area contributed by atoms with Crippen molar-refractivity contribution in [1.82, 2.24) is 0 Å². The van der Waals surface area contributed by atoms with E-state index in [1.54, 1.807) is 0 Å². The van der Waals surface area contributed by atoms with Gasteiger partial charge in [0.25, 0.3) is 0 Å². The Bertz CT molecular complexity index is 309. The lowest BCUT2D eigenvalue weighted by Crippen LogP contribution is -2.08. The molecule has 1 aliphatic rings. The predicted molar refractivity (Wildman–Crippen MR) is 63.2 cm³/mol. The van der Waals surface area contributed by atoms with Crippen molar-refractivity contribution in [3.05, 3.63) is 24.8 Å². The highest BCUT2D eigenvalue weighted by Crippen LogP contribution is 2.17. The van der Waals surface area contributed by atoms with Crippen LogP contribution in [-0.4, -0.2) is 40.2 Å². The van der Waals surface area contributed by atoms with Crippen molar-refractivity contribution in [2.24, 2.45) is 0 Å². The minimum Gasteiger partial charge on any atom is -0.480 e. The quantitative estimate of drug-likeness (QED) is 0.329. The fourth-order valence-corrected chi connectivity index (χ4v) is 0.778. The molecule has 0 bridgehead atoms. The van der Waals surface area contributed by atoms with Gasteiger partial charge in [-0.3, -0.25) is 4.79 Å². The van der Waals surface area contributed by atoms with E-state index in [0.29, 0.717) is 12.5 Å². The maximum atomic E-state index is 10.2. The van der Waals surface area contributed by atoms with E-state index in [-0.39, 0.29) is 5.57 Å². The van der Waals surface area contributed by atoms with Crippen molar-refractivity contribution in [3.8, 4) is 0 Å². The lowest BCUT2D eigenvalue weighted by Gasteiger charge is -1.95. The van der Waals surface area contributed by atoms with Gasteiger partial charge >= 0.3 is 11.9 Å². The Kier molecular flexibility index (Phi) is 7.25. The molecule has 2 unspecified atom stereocenters. The third-order valence-electron chi connectivity index (χ3n) is 1.92. The van der Waals surface area contributed by atoms with Crippen molar-refractivity contribution in [2.75, 3.05) is 6.61 Å². The van der Waals surface area contributed by atoms with E-state index in [1.165, 1.54) is 0 Å². The van der Waals surface area contributed by atoms with Crippen LogP contribution in [-0.2, 0) is 14.3 Å². The van der Waals surface area contributed by atoms with E-state index in [9.17, 15) is 9.59 Å². The summed E-state index contributed by atoms with van der Waals surface area (Å²) in [6.07, 6.45) is 2.80. The van der Waals surface area contributed by atoms with Gasteiger partial charge in [0, 0.05) is 5.57 Å². The number of rotatable bonds is 6. The molecular formula is C11H15ClO5. The van der Waals surface area contributed by atoms with Gasteiger partial charge in [0.2, 0.25) is 0 Å². The molecule has 6 heteroatoms. The second-order valence-corrected chi connectivity index (χ2v) is 3.85. The molecule has 1 aliphatic heterocycles. The highest BCUT2D eigenvalue weighted by Gasteiger charge is 2.22. The number of carbonyl (C=O) groups is 2. The molecule has 0 aromatic rings. The largest absolute Gasteiger partial charge is 0.480 e.